The standard InChI is InChI=1S/C17H30N4O3S/c1-5-9-13(2)18-16(22)12-21-15(4)17(14(3)19-21)25(23,24)20-10-7-6-8-11-20/h13H,5-12H2,1-4H3,(H,18,22). The Labute approximate surface area is 150 Å². The van der Waals surface area contributed by atoms with Crippen molar-refractivity contribution < 1.29 is 13.2 Å². The highest BCUT2D eigenvalue weighted by molar-refractivity contribution is 7.89. The van der Waals surface area contributed by atoms with Gasteiger partial charge in [-0.05, 0) is 40.0 Å². The van der Waals surface area contributed by atoms with E-state index >= 15 is 0 Å². The molecule has 1 fully saturated rings. The van der Waals surface area contributed by atoms with Crippen LogP contribution in [0.2, 0.25) is 0 Å². The third-order valence-corrected chi connectivity index (χ3v) is 6.80. The van der Waals surface area contributed by atoms with Crippen LogP contribution in [0.3, 0.4) is 0 Å². The summed E-state index contributed by atoms with van der Waals surface area (Å²) in [6.07, 6.45) is 4.77. The van der Waals surface area contributed by atoms with Crippen LogP contribution in [0.4, 0.5) is 0 Å². The third-order valence-electron chi connectivity index (χ3n) is 4.65. The minimum atomic E-state index is -3.55. The largest absolute Gasteiger partial charge is 0.352 e. The van der Waals surface area contributed by atoms with Gasteiger partial charge < -0.3 is 5.32 Å². The van der Waals surface area contributed by atoms with E-state index in [9.17, 15) is 13.2 Å². The minimum absolute atomic E-state index is 0.0379. The molecule has 1 N–H and O–H groups in total. The number of carbonyl (C=O) groups excluding carboxylic acids is 1. The van der Waals surface area contributed by atoms with E-state index in [-0.39, 0.29) is 23.4 Å². The van der Waals surface area contributed by atoms with Crippen molar-refractivity contribution in [3.63, 3.8) is 0 Å². The number of hydrogen-bond donors (Lipinski definition) is 1. The highest BCUT2D eigenvalue weighted by Gasteiger charge is 2.32. The van der Waals surface area contributed by atoms with E-state index in [2.05, 4.69) is 17.3 Å². The van der Waals surface area contributed by atoms with Gasteiger partial charge in [-0.25, -0.2) is 8.42 Å². The van der Waals surface area contributed by atoms with Crippen LogP contribution in [-0.2, 0) is 21.4 Å². The van der Waals surface area contributed by atoms with E-state index in [1.807, 2.05) is 6.92 Å². The lowest BCUT2D eigenvalue weighted by Gasteiger charge is -2.26. The molecule has 1 atom stereocenters. The van der Waals surface area contributed by atoms with Crippen molar-refractivity contribution in [2.24, 2.45) is 0 Å². The lowest BCUT2D eigenvalue weighted by atomic mass is 10.2. The van der Waals surface area contributed by atoms with Crippen LogP contribution in [0, 0.1) is 13.8 Å². The molecule has 8 heteroatoms. The molecule has 7 nitrogen and oxygen atoms in total. The average molecular weight is 371 g/mol. The molecule has 1 unspecified atom stereocenters. The van der Waals surface area contributed by atoms with Gasteiger partial charge in [0.05, 0.1) is 11.4 Å². The lowest BCUT2D eigenvalue weighted by Crippen LogP contribution is -2.36. The number of aryl methyl sites for hydroxylation is 1. The number of hydrogen-bond acceptors (Lipinski definition) is 4. The summed E-state index contributed by atoms with van der Waals surface area (Å²) in [6, 6.07) is 0.103. The molecule has 0 aliphatic carbocycles. The van der Waals surface area contributed by atoms with Crippen LogP contribution in [0.25, 0.3) is 0 Å². The van der Waals surface area contributed by atoms with E-state index in [1.165, 1.54) is 4.68 Å². The van der Waals surface area contributed by atoms with E-state index in [0.717, 1.165) is 32.1 Å². The van der Waals surface area contributed by atoms with Crippen LogP contribution in [0.15, 0.2) is 4.90 Å². The Morgan fingerprint density at radius 3 is 2.48 bits per heavy atom. The maximum Gasteiger partial charge on any atom is 0.246 e. The molecule has 1 aromatic rings. The highest BCUT2D eigenvalue weighted by atomic mass is 32.2. The van der Waals surface area contributed by atoms with Crippen molar-refractivity contribution in [3.05, 3.63) is 11.4 Å². The van der Waals surface area contributed by atoms with Crippen molar-refractivity contribution in [1.82, 2.24) is 19.4 Å². The van der Waals surface area contributed by atoms with Gasteiger partial charge in [0.2, 0.25) is 15.9 Å². The Balaban J connectivity index is 2.18. The normalized spacial score (nSPS) is 17.4. The molecule has 2 rings (SSSR count). The molecule has 1 saturated heterocycles. The molecule has 2 heterocycles. The topological polar surface area (TPSA) is 84.3 Å². The predicted octanol–water partition coefficient (Wildman–Crippen LogP) is 1.98. The summed E-state index contributed by atoms with van der Waals surface area (Å²) in [5.41, 5.74) is 0.985. The van der Waals surface area contributed by atoms with Gasteiger partial charge in [0, 0.05) is 19.1 Å². The lowest BCUT2D eigenvalue weighted by molar-refractivity contribution is -0.122. The Morgan fingerprint density at radius 2 is 1.88 bits per heavy atom. The minimum Gasteiger partial charge on any atom is -0.352 e. The van der Waals surface area contributed by atoms with Crippen molar-refractivity contribution in [2.45, 2.75) is 77.3 Å². The molecule has 0 radical (unpaired) electrons. The Kier molecular flexibility index (Phi) is 6.62. The summed E-state index contributed by atoms with van der Waals surface area (Å²) in [5, 5.41) is 7.24. The average Bonchev–Trinajstić information content (AvgIpc) is 2.82. The summed E-state index contributed by atoms with van der Waals surface area (Å²) >= 11 is 0. The summed E-state index contributed by atoms with van der Waals surface area (Å²) < 4.78 is 29.0. The Bertz CT molecular complexity index is 706. The zero-order valence-corrected chi connectivity index (χ0v) is 16.5. The molecule has 25 heavy (non-hydrogen) atoms. The number of amides is 1. The third kappa shape index (κ3) is 4.61. The maximum atomic E-state index is 13.0. The molecule has 1 amide bonds. The van der Waals surface area contributed by atoms with Gasteiger partial charge in [0.1, 0.15) is 11.4 Å². The number of aromatic nitrogens is 2. The Morgan fingerprint density at radius 1 is 1.24 bits per heavy atom. The summed E-state index contributed by atoms with van der Waals surface area (Å²) in [6.45, 7) is 8.60. The molecule has 0 aromatic carbocycles. The quantitative estimate of drug-likeness (QED) is 0.795. The number of sulfonamides is 1. The van der Waals surface area contributed by atoms with E-state index in [1.54, 1.807) is 18.2 Å². The first-order valence-electron chi connectivity index (χ1n) is 9.10. The van der Waals surface area contributed by atoms with Gasteiger partial charge >= 0.3 is 0 Å². The summed E-state index contributed by atoms with van der Waals surface area (Å²) in [5.74, 6) is -0.145. The summed E-state index contributed by atoms with van der Waals surface area (Å²) in [7, 11) is -3.55. The van der Waals surface area contributed by atoms with E-state index in [0.29, 0.717) is 24.5 Å². The Hall–Kier alpha value is -1.41. The van der Waals surface area contributed by atoms with Gasteiger partial charge in [0.25, 0.3) is 0 Å². The van der Waals surface area contributed by atoms with E-state index < -0.39 is 10.0 Å². The van der Waals surface area contributed by atoms with E-state index in [4.69, 9.17) is 0 Å². The first-order chi connectivity index (χ1) is 11.8. The fourth-order valence-corrected chi connectivity index (χ4v) is 5.29. The zero-order chi connectivity index (χ0) is 18.6. The number of carbonyl (C=O) groups is 1. The second-order valence-electron chi connectivity index (χ2n) is 6.88. The fourth-order valence-electron chi connectivity index (χ4n) is 3.40. The second-order valence-corrected chi connectivity index (χ2v) is 8.75. The zero-order valence-electron chi connectivity index (χ0n) is 15.7. The monoisotopic (exact) mass is 370 g/mol. The van der Waals surface area contributed by atoms with Crippen molar-refractivity contribution in [3.8, 4) is 0 Å². The molecule has 0 bridgehead atoms. The first-order valence-corrected chi connectivity index (χ1v) is 10.5. The van der Waals surface area contributed by atoms with Gasteiger partial charge in [-0.15, -0.1) is 0 Å². The number of nitrogens with zero attached hydrogens (tertiary/aromatic N) is 3. The smallest absolute Gasteiger partial charge is 0.246 e. The number of nitrogens with one attached hydrogen (secondary N) is 1. The van der Waals surface area contributed by atoms with Crippen molar-refractivity contribution in [1.29, 1.82) is 0 Å². The molecular weight excluding hydrogens is 340 g/mol. The second kappa shape index (κ2) is 8.31. The molecular formula is C17H30N4O3S. The van der Waals surface area contributed by atoms with Crippen LogP contribution < -0.4 is 5.32 Å². The van der Waals surface area contributed by atoms with Crippen molar-refractivity contribution in [2.75, 3.05) is 13.1 Å². The maximum absolute atomic E-state index is 13.0. The van der Waals surface area contributed by atoms with Crippen LogP contribution in [0.5, 0.6) is 0 Å². The molecule has 1 aliphatic rings. The SMILES string of the molecule is CCCC(C)NC(=O)Cn1nc(C)c(S(=O)(=O)N2CCCCC2)c1C. The fraction of sp³-hybridized carbons (Fsp3) is 0.765. The molecule has 142 valence electrons. The number of piperidine rings is 1. The van der Waals surface area contributed by atoms with Gasteiger partial charge in [0.15, 0.2) is 0 Å². The first kappa shape index (κ1) is 19.9. The van der Waals surface area contributed by atoms with Gasteiger partial charge in [-0.3, -0.25) is 9.48 Å². The predicted molar refractivity (Wildman–Crippen MR) is 96.8 cm³/mol. The van der Waals surface area contributed by atoms with Crippen LogP contribution >= 0.6 is 0 Å². The summed E-state index contributed by atoms with van der Waals surface area (Å²) in [4.78, 5) is 12.4. The van der Waals surface area contributed by atoms with Gasteiger partial charge in [-0.2, -0.15) is 9.40 Å². The van der Waals surface area contributed by atoms with Crippen LogP contribution in [0.1, 0.15) is 57.3 Å². The molecule has 1 aliphatic heterocycles. The number of rotatable bonds is 7. The molecule has 0 saturated carbocycles. The van der Waals surface area contributed by atoms with Gasteiger partial charge in [-0.1, -0.05) is 19.8 Å². The highest BCUT2D eigenvalue weighted by Crippen LogP contribution is 2.26. The van der Waals surface area contributed by atoms with Crippen LogP contribution in [-0.4, -0.2) is 47.5 Å². The van der Waals surface area contributed by atoms with Crippen molar-refractivity contribution >= 4 is 15.9 Å². The molecule has 0 spiro atoms. The molecule has 1 aromatic heterocycles.